The number of sulfonamides is 1. The molecule has 8 heteroatoms. The molecule has 0 aliphatic carbocycles. The Morgan fingerprint density at radius 3 is 2.62 bits per heavy atom. The summed E-state index contributed by atoms with van der Waals surface area (Å²) in [6.45, 7) is 3.52. The van der Waals surface area contributed by atoms with E-state index in [4.69, 9.17) is 10.5 Å². The number of hydrogen-bond acceptors (Lipinski definition) is 4. The summed E-state index contributed by atoms with van der Waals surface area (Å²) in [6, 6.07) is 1.86. The fourth-order valence-electron chi connectivity index (χ4n) is 2.37. The van der Waals surface area contributed by atoms with Crippen molar-refractivity contribution < 1.29 is 21.9 Å². The van der Waals surface area contributed by atoms with Crippen molar-refractivity contribution in [2.45, 2.75) is 30.8 Å². The Morgan fingerprint density at radius 2 is 2.05 bits per heavy atom. The second-order valence-corrected chi connectivity index (χ2v) is 7.32. The van der Waals surface area contributed by atoms with E-state index in [-0.39, 0.29) is 19.8 Å². The lowest BCUT2D eigenvalue weighted by molar-refractivity contribution is -0.00779. The smallest absolute Gasteiger partial charge is 0.246 e. The van der Waals surface area contributed by atoms with Crippen LogP contribution in [0.2, 0.25) is 0 Å². The molecule has 0 aromatic heterocycles. The van der Waals surface area contributed by atoms with Crippen molar-refractivity contribution >= 4 is 10.0 Å². The van der Waals surface area contributed by atoms with Crippen LogP contribution in [0.1, 0.15) is 19.4 Å². The van der Waals surface area contributed by atoms with Gasteiger partial charge in [0.05, 0.1) is 18.8 Å². The van der Waals surface area contributed by atoms with Crippen LogP contribution < -0.4 is 5.73 Å². The van der Waals surface area contributed by atoms with Crippen molar-refractivity contribution in [1.29, 1.82) is 0 Å². The molecule has 1 aliphatic rings. The summed E-state index contributed by atoms with van der Waals surface area (Å²) in [5, 5.41) is 0. The van der Waals surface area contributed by atoms with E-state index in [0.29, 0.717) is 0 Å². The van der Waals surface area contributed by atoms with Gasteiger partial charge in [-0.15, -0.1) is 0 Å². The second-order valence-electron chi connectivity index (χ2n) is 5.48. The van der Waals surface area contributed by atoms with Crippen molar-refractivity contribution in [1.82, 2.24) is 4.31 Å². The van der Waals surface area contributed by atoms with Gasteiger partial charge in [0.1, 0.15) is 10.7 Å². The van der Waals surface area contributed by atoms with E-state index in [0.717, 1.165) is 12.1 Å². The average molecular weight is 320 g/mol. The van der Waals surface area contributed by atoms with E-state index in [2.05, 4.69) is 0 Å². The van der Waals surface area contributed by atoms with Gasteiger partial charge >= 0.3 is 0 Å². The highest BCUT2D eigenvalue weighted by Crippen LogP contribution is 2.30. The first-order valence-electron chi connectivity index (χ1n) is 6.49. The summed E-state index contributed by atoms with van der Waals surface area (Å²) < 4.78 is 59.5. The molecule has 1 saturated heterocycles. The summed E-state index contributed by atoms with van der Waals surface area (Å²) in [4.78, 5) is -0.556. The monoisotopic (exact) mass is 320 g/mol. The number of rotatable bonds is 3. The lowest BCUT2D eigenvalue weighted by Gasteiger charge is -2.40. The Hall–Kier alpha value is -1.09. The zero-order valence-corrected chi connectivity index (χ0v) is 12.7. The van der Waals surface area contributed by atoms with Crippen molar-refractivity contribution in [2.75, 3.05) is 19.8 Å². The van der Waals surface area contributed by atoms with E-state index in [1.54, 1.807) is 13.8 Å². The molecule has 0 spiro atoms. The Morgan fingerprint density at radius 1 is 1.38 bits per heavy atom. The molecule has 0 amide bonds. The van der Waals surface area contributed by atoms with E-state index in [9.17, 15) is 17.2 Å². The summed E-state index contributed by atoms with van der Waals surface area (Å²) in [7, 11) is -4.09. The van der Waals surface area contributed by atoms with Crippen LogP contribution in [0, 0.1) is 11.6 Å². The number of halogens is 2. The minimum atomic E-state index is -4.09. The van der Waals surface area contributed by atoms with Gasteiger partial charge < -0.3 is 10.5 Å². The van der Waals surface area contributed by atoms with Crippen LogP contribution in [-0.2, 0) is 21.3 Å². The third-order valence-electron chi connectivity index (χ3n) is 3.49. The summed E-state index contributed by atoms with van der Waals surface area (Å²) in [6.07, 6.45) is 0. The molecule has 0 atom stereocenters. The van der Waals surface area contributed by atoms with Gasteiger partial charge in [-0.05, 0) is 26.0 Å². The molecular formula is C13H18F2N2O3S. The topological polar surface area (TPSA) is 72.6 Å². The maximum atomic E-state index is 14.3. The number of morpholine rings is 1. The molecule has 0 bridgehead atoms. The molecule has 1 aromatic carbocycles. The van der Waals surface area contributed by atoms with Crippen LogP contribution in [0.3, 0.4) is 0 Å². The zero-order chi connectivity index (χ0) is 15.8. The van der Waals surface area contributed by atoms with E-state index in [1.807, 2.05) is 0 Å². The number of nitrogens with zero attached hydrogens (tertiary/aromatic N) is 1. The molecule has 21 heavy (non-hydrogen) atoms. The van der Waals surface area contributed by atoms with Crippen LogP contribution >= 0.6 is 0 Å². The normalized spacial score (nSPS) is 19.7. The quantitative estimate of drug-likeness (QED) is 0.909. The first kappa shape index (κ1) is 16.3. The predicted octanol–water partition coefficient (Wildman–Crippen LogP) is 1.22. The third kappa shape index (κ3) is 2.80. The number of benzene rings is 1. The molecule has 0 radical (unpaired) electrons. The maximum absolute atomic E-state index is 14.3. The SMILES string of the molecule is CC1(C)COCCN1S(=O)(=O)c1ccc(F)c(CN)c1F. The van der Waals surface area contributed by atoms with E-state index in [1.165, 1.54) is 4.31 Å². The highest BCUT2D eigenvalue weighted by Gasteiger charge is 2.41. The minimum Gasteiger partial charge on any atom is -0.378 e. The average Bonchev–Trinajstić information content (AvgIpc) is 2.38. The van der Waals surface area contributed by atoms with Crippen molar-refractivity contribution in [3.05, 3.63) is 29.3 Å². The molecule has 0 saturated carbocycles. The van der Waals surface area contributed by atoms with Crippen LogP contribution in [-0.4, -0.2) is 38.0 Å². The molecule has 0 unspecified atom stereocenters. The first-order chi connectivity index (χ1) is 9.71. The zero-order valence-electron chi connectivity index (χ0n) is 11.9. The standard InChI is InChI=1S/C13H18F2N2O3S/c1-13(2)8-20-6-5-17(13)21(18,19)11-4-3-10(14)9(7-16)12(11)15/h3-4H,5-8,16H2,1-2H3. The van der Waals surface area contributed by atoms with Gasteiger partial charge in [0, 0.05) is 18.7 Å². The fraction of sp³-hybridized carbons (Fsp3) is 0.538. The minimum absolute atomic E-state index is 0.115. The highest BCUT2D eigenvalue weighted by molar-refractivity contribution is 7.89. The highest BCUT2D eigenvalue weighted by atomic mass is 32.2. The summed E-state index contributed by atoms with van der Waals surface area (Å²) >= 11 is 0. The molecule has 1 aliphatic heterocycles. The molecule has 1 heterocycles. The van der Waals surface area contributed by atoms with Crippen LogP contribution in [0.25, 0.3) is 0 Å². The van der Waals surface area contributed by atoms with Gasteiger partial charge in [-0.1, -0.05) is 0 Å². The molecular weight excluding hydrogens is 302 g/mol. The van der Waals surface area contributed by atoms with Gasteiger partial charge in [-0.25, -0.2) is 17.2 Å². The van der Waals surface area contributed by atoms with Crippen molar-refractivity contribution in [3.63, 3.8) is 0 Å². The lowest BCUT2D eigenvalue weighted by atomic mass is 10.1. The van der Waals surface area contributed by atoms with Gasteiger partial charge in [0.2, 0.25) is 10.0 Å². The third-order valence-corrected chi connectivity index (χ3v) is 5.62. The Labute approximate surface area is 122 Å². The molecule has 1 aromatic rings. The Balaban J connectivity index is 2.54. The molecule has 2 rings (SSSR count). The van der Waals surface area contributed by atoms with Gasteiger partial charge in [0.25, 0.3) is 0 Å². The summed E-state index contributed by atoms with van der Waals surface area (Å²) in [5.74, 6) is -1.98. The summed E-state index contributed by atoms with van der Waals surface area (Å²) in [5.41, 5.74) is 4.05. The molecule has 118 valence electrons. The van der Waals surface area contributed by atoms with Gasteiger partial charge in [0.15, 0.2) is 5.82 Å². The van der Waals surface area contributed by atoms with Gasteiger partial charge in [-0.2, -0.15) is 4.31 Å². The number of nitrogens with two attached hydrogens (primary N) is 1. The predicted molar refractivity (Wildman–Crippen MR) is 73.0 cm³/mol. The van der Waals surface area contributed by atoms with Crippen molar-refractivity contribution in [2.24, 2.45) is 5.73 Å². The van der Waals surface area contributed by atoms with Gasteiger partial charge in [-0.3, -0.25) is 0 Å². The Kier molecular flexibility index (Phi) is 4.34. The first-order valence-corrected chi connectivity index (χ1v) is 7.93. The van der Waals surface area contributed by atoms with E-state index < -0.39 is 44.2 Å². The Bertz CT molecular complexity index is 647. The largest absolute Gasteiger partial charge is 0.378 e. The van der Waals surface area contributed by atoms with E-state index >= 15 is 0 Å². The molecule has 1 fully saturated rings. The van der Waals surface area contributed by atoms with Crippen LogP contribution in [0.15, 0.2) is 17.0 Å². The number of hydrogen-bond donors (Lipinski definition) is 1. The number of ether oxygens (including phenoxy) is 1. The van der Waals surface area contributed by atoms with Crippen LogP contribution in [0.4, 0.5) is 8.78 Å². The maximum Gasteiger partial charge on any atom is 0.246 e. The lowest BCUT2D eigenvalue weighted by Crippen LogP contribution is -2.55. The molecule has 5 nitrogen and oxygen atoms in total. The van der Waals surface area contributed by atoms with Crippen LogP contribution in [0.5, 0.6) is 0 Å². The second kappa shape index (κ2) is 5.60. The van der Waals surface area contributed by atoms with Crippen molar-refractivity contribution in [3.8, 4) is 0 Å². The fourth-order valence-corrected chi connectivity index (χ4v) is 4.22. The molecule has 2 N–H and O–H groups in total.